The zero-order valence-corrected chi connectivity index (χ0v) is 11.7. The van der Waals surface area contributed by atoms with Gasteiger partial charge in [0.25, 0.3) is 0 Å². The van der Waals surface area contributed by atoms with Crippen molar-refractivity contribution >= 4 is 17.9 Å². The Kier molecular flexibility index (Phi) is 6.05. The maximum Gasteiger partial charge on any atom is 0.422 e. The molecule has 0 saturated carbocycles. The first kappa shape index (κ1) is 16.5. The van der Waals surface area contributed by atoms with E-state index in [-0.39, 0.29) is 12.6 Å². The molecule has 1 N–H and O–H groups in total. The second-order valence-electron chi connectivity index (χ2n) is 3.97. The maximum absolute atomic E-state index is 11.8. The maximum atomic E-state index is 11.8. The van der Waals surface area contributed by atoms with E-state index >= 15 is 0 Å². The highest BCUT2D eigenvalue weighted by atomic mass is 32.2. The molecule has 20 heavy (non-hydrogen) atoms. The van der Waals surface area contributed by atoms with Gasteiger partial charge in [0.2, 0.25) is 5.16 Å². The van der Waals surface area contributed by atoms with E-state index < -0.39 is 18.9 Å². The first-order valence-electron chi connectivity index (χ1n) is 5.67. The third-order valence-corrected chi connectivity index (χ3v) is 2.86. The molecule has 0 fully saturated rings. The van der Waals surface area contributed by atoms with Gasteiger partial charge in [-0.1, -0.05) is 11.8 Å². The number of alkyl halides is 3. The minimum absolute atomic E-state index is 0.0946. The molecule has 0 bridgehead atoms. The highest BCUT2D eigenvalue weighted by Gasteiger charge is 2.29. The van der Waals surface area contributed by atoms with Gasteiger partial charge < -0.3 is 10.1 Å². The number of alkyl carbamates (subject to hydrolysis) is 1. The average molecular weight is 313 g/mol. The fraction of sp³-hybridized carbons (Fsp3) is 0.778. The van der Waals surface area contributed by atoms with Crippen molar-refractivity contribution < 1.29 is 22.7 Å². The molecule has 0 radical (unpaired) electrons. The topological polar surface area (TPSA) is 81.9 Å². The summed E-state index contributed by atoms with van der Waals surface area (Å²) in [6.45, 7) is 2.37. The van der Waals surface area contributed by atoms with Crippen LogP contribution in [0, 0.1) is 0 Å². The largest absolute Gasteiger partial charge is 0.440 e. The van der Waals surface area contributed by atoms with Crippen LogP contribution in [0.3, 0.4) is 0 Å². The van der Waals surface area contributed by atoms with Gasteiger partial charge >= 0.3 is 12.3 Å². The minimum atomic E-state index is -4.52. The summed E-state index contributed by atoms with van der Waals surface area (Å²) < 4.78 is 40.9. The summed E-state index contributed by atoms with van der Waals surface area (Å²) in [4.78, 5) is 10.9. The van der Waals surface area contributed by atoms with E-state index in [1.54, 1.807) is 4.68 Å². The highest BCUT2D eigenvalue weighted by molar-refractivity contribution is 7.99. The van der Waals surface area contributed by atoms with Crippen LogP contribution < -0.4 is 5.32 Å². The van der Waals surface area contributed by atoms with Crippen molar-refractivity contribution in [1.29, 1.82) is 0 Å². The fourth-order valence-electron chi connectivity index (χ4n) is 1.10. The van der Waals surface area contributed by atoms with E-state index in [0.717, 1.165) is 0 Å². The standard InChI is InChI=1S/C9H14F3N5O2S/c1-6(2)17-7(14-15-16-17)20-4-3-13-8(18)19-5-9(10,11)12/h6H,3-5H2,1-2H3,(H,13,18). The molecule has 0 unspecified atom stereocenters. The van der Waals surface area contributed by atoms with E-state index in [2.05, 4.69) is 25.6 Å². The number of carbonyl (C=O) groups is 1. The van der Waals surface area contributed by atoms with Crippen molar-refractivity contribution in [3.63, 3.8) is 0 Å². The monoisotopic (exact) mass is 313 g/mol. The molecule has 0 spiro atoms. The molecule has 0 atom stereocenters. The number of halogens is 3. The third-order valence-electron chi connectivity index (χ3n) is 1.92. The van der Waals surface area contributed by atoms with Crippen molar-refractivity contribution in [3.05, 3.63) is 0 Å². The normalized spacial score (nSPS) is 11.7. The van der Waals surface area contributed by atoms with Crippen LogP contribution >= 0.6 is 11.8 Å². The number of nitrogens with zero attached hydrogens (tertiary/aromatic N) is 4. The van der Waals surface area contributed by atoms with Gasteiger partial charge in [-0.05, 0) is 24.3 Å². The summed E-state index contributed by atoms with van der Waals surface area (Å²) in [5.74, 6) is 0.411. The summed E-state index contributed by atoms with van der Waals surface area (Å²) >= 11 is 1.28. The molecule has 7 nitrogen and oxygen atoms in total. The quantitative estimate of drug-likeness (QED) is 0.635. The van der Waals surface area contributed by atoms with Crippen LogP contribution in [0.1, 0.15) is 19.9 Å². The molecule has 0 aliphatic heterocycles. The number of ether oxygens (including phenoxy) is 1. The Labute approximate surface area is 117 Å². The Morgan fingerprint density at radius 1 is 1.50 bits per heavy atom. The Hall–Kier alpha value is -1.52. The molecule has 0 aliphatic carbocycles. The Bertz CT molecular complexity index is 437. The van der Waals surface area contributed by atoms with Crippen LogP contribution in [0.25, 0.3) is 0 Å². The van der Waals surface area contributed by atoms with Crippen molar-refractivity contribution in [3.8, 4) is 0 Å². The molecule has 1 amide bonds. The molecule has 0 aliphatic rings. The van der Waals surface area contributed by atoms with Crippen molar-refractivity contribution in [1.82, 2.24) is 25.5 Å². The first-order valence-corrected chi connectivity index (χ1v) is 6.66. The van der Waals surface area contributed by atoms with E-state index in [1.165, 1.54) is 11.8 Å². The minimum Gasteiger partial charge on any atom is -0.440 e. The first-order chi connectivity index (χ1) is 9.29. The van der Waals surface area contributed by atoms with Crippen LogP contribution in [0.2, 0.25) is 0 Å². The molecule has 1 aromatic heterocycles. The van der Waals surface area contributed by atoms with Gasteiger partial charge in [-0.25, -0.2) is 9.48 Å². The molecule has 114 valence electrons. The molecule has 1 aromatic rings. The molecule has 1 rings (SSSR count). The molecule has 1 heterocycles. The smallest absolute Gasteiger partial charge is 0.422 e. The Balaban J connectivity index is 2.22. The van der Waals surface area contributed by atoms with E-state index in [1.807, 2.05) is 13.8 Å². The number of aromatic nitrogens is 4. The molecule has 0 saturated heterocycles. The summed E-state index contributed by atoms with van der Waals surface area (Å²) in [5.41, 5.74) is 0. The van der Waals surface area contributed by atoms with Gasteiger partial charge in [-0.15, -0.1) is 5.10 Å². The Morgan fingerprint density at radius 2 is 2.20 bits per heavy atom. The number of amides is 1. The van der Waals surface area contributed by atoms with E-state index in [4.69, 9.17) is 0 Å². The van der Waals surface area contributed by atoms with Crippen LogP contribution in [-0.2, 0) is 4.74 Å². The van der Waals surface area contributed by atoms with Crippen molar-refractivity contribution in [2.75, 3.05) is 18.9 Å². The van der Waals surface area contributed by atoms with Crippen molar-refractivity contribution in [2.24, 2.45) is 0 Å². The van der Waals surface area contributed by atoms with Gasteiger partial charge in [-0.3, -0.25) is 0 Å². The predicted octanol–water partition coefficient (Wildman–Crippen LogP) is 1.63. The second-order valence-corrected chi connectivity index (χ2v) is 5.03. The number of tetrazole rings is 1. The lowest BCUT2D eigenvalue weighted by Crippen LogP contribution is -2.30. The highest BCUT2D eigenvalue weighted by Crippen LogP contribution is 2.16. The zero-order chi connectivity index (χ0) is 15.2. The molecule has 11 heteroatoms. The summed E-state index contributed by atoms with van der Waals surface area (Å²) in [6, 6.07) is 0.0946. The van der Waals surface area contributed by atoms with Gasteiger partial charge in [0.05, 0.1) is 6.04 Å². The third kappa shape index (κ3) is 6.08. The SMILES string of the molecule is CC(C)n1nnnc1SCCNC(=O)OCC(F)(F)F. The van der Waals surface area contributed by atoms with Crippen molar-refractivity contribution in [2.45, 2.75) is 31.2 Å². The number of hydrogen-bond acceptors (Lipinski definition) is 6. The number of thioether (sulfide) groups is 1. The zero-order valence-electron chi connectivity index (χ0n) is 10.8. The van der Waals surface area contributed by atoms with E-state index in [9.17, 15) is 18.0 Å². The summed E-state index contributed by atoms with van der Waals surface area (Å²) in [6.07, 6.45) is -5.63. The van der Waals surface area contributed by atoms with E-state index in [0.29, 0.717) is 10.9 Å². The van der Waals surface area contributed by atoms with Gasteiger partial charge in [-0.2, -0.15) is 13.2 Å². The van der Waals surface area contributed by atoms with Crippen LogP contribution in [0.15, 0.2) is 5.16 Å². The molecular formula is C9H14F3N5O2S. The predicted molar refractivity (Wildman–Crippen MR) is 64.3 cm³/mol. The van der Waals surface area contributed by atoms with Crippen LogP contribution in [0.5, 0.6) is 0 Å². The van der Waals surface area contributed by atoms with Crippen LogP contribution in [0.4, 0.5) is 18.0 Å². The summed E-state index contributed by atoms with van der Waals surface area (Å²) in [5, 5.41) is 13.9. The fourth-order valence-corrected chi connectivity index (χ4v) is 1.96. The van der Waals surface area contributed by atoms with Gasteiger partial charge in [0.15, 0.2) is 6.61 Å². The lowest BCUT2D eigenvalue weighted by molar-refractivity contribution is -0.160. The lowest BCUT2D eigenvalue weighted by Gasteiger charge is -2.09. The summed E-state index contributed by atoms with van der Waals surface area (Å²) in [7, 11) is 0. The number of rotatable bonds is 6. The molecular weight excluding hydrogens is 299 g/mol. The lowest BCUT2D eigenvalue weighted by atomic mass is 10.4. The van der Waals surface area contributed by atoms with Crippen LogP contribution in [-0.4, -0.2) is 51.4 Å². The number of carbonyl (C=O) groups excluding carboxylic acids is 1. The second kappa shape index (κ2) is 7.31. The van der Waals surface area contributed by atoms with Gasteiger partial charge in [0.1, 0.15) is 0 Å². The Morgan fingerprint density at radius 3 is 2.80 bits per heavy atom. The molecule has 0 aromatic carbocycles. The number of hydrogen-bond donors (Lipinski definition) is 1. The average Bonchev–Trinajstić information content (AvgIpc) is 2.79. The number of nitrogens with one attached hydrogen (secondary N) is 1. The van der Waals surface area contributed by atoms with Gasteiger partial charge in [0, 0.05) is 12.3 Å².